The van der Waals surface area contributed by atoms with Crippen LogP contribution in [-0.4, -0.2) is 101 Å². The minimum Gasteiger partial charge on any atom is -0.475 e. The highest BCUT2D eigenvalue weighted by Crippen LogP contribution is 2.41. The molecule has 290 valence electrons. The zero-order valence-corrected chi connectivity index (χ0v) is 30.8. The standard InChI is InChI=1S/C35H45ClN4O6.C2HF3O2/c1-22(37)32(43)40-29(20-46-34(40,2)3)31(42)38-35(19-23-10-13-25(36)14-11-23)16-7-17-39(21-35)33(44)28(18-30(41)45-4)27-15-12-24-8-5-6-9-26(24)27;3-2(4,5)1(6)7/h5-6,8-11,13-14,22,27-29H,7,12,15-21,37H2,1-4H3,(H,38,42);(H,6,7)/t22-,27-,28-,29-,35+;/m0./s1. The van der Waals surface area contributed by atoms with E-state index in [4.69, 9.17) is 36.7 Å². The van der Waals surface area contributed by atoms with Crippen molar-refractivity contribution in [3.63, 3.8) is 0 Å². The maximum Gasteiger partial charge on any atom is 0.490 e. The van der Waals surface area contributed by atoms with Crippen molar-refractivity contribution in [1.82, 2.24) is 15.1 Å². The number of carbonyl (C=O) groups excluding carboxylic acids is 4. The largest absolute Gasteiger partial charge is 0.490 e. The third-order valence-electron chi connectivity index (χ3n) is 9.99. The summed E-state index contributed by atoms with van der Waals surface area (Å²) in [6.45, 7) is 5.84. The quantitative estimate of drug-likeness (QED) is 0.317. The highest BCUT2D eigenvalue weighted by Gasteiger charge is 2.50. The average Bonchev–Trinajstić information content (AvgIpc) is 3.67. The Balaban J connectivity index is 0.000000815. The van der Waals surface area contributed by atoms with Crippen molar-refractivity contribution >= 4 is 41.3 Å². The van der Waals surface area contributed by atoms with E-state index >= 15 is 0 Å². The van der Waals surface area contributed by atoms with Crippen LogP contribution in [-0.2, 0) is 46.3 Å². The summed E-state index contributed by atoms with van der Waals surface area (Å²) in [5.74, 6) is -4.76. The van der Waals surface area contributed by atoms with Crippen LogP contribution in [0.4, 0.5) is 13.2 Å². The van der Waals surface area contributed by atoms with Crippen molar-refractivity contribution in [1.29, 1.82) is 0 Å². The third kappa shape index (κ3) is 10.1. The number of nitrogens with zero attached hydrogens (tertiary/aromatic N) is 2. The Morgan fingerprint density at radius 1 is 1.09 bits per heavy atom. The van der Waals surface area contributed by atoms with Crippen molar-refractivity contribution < 1.29 is 51.7 Å². The summed E-state index contributed by atoms with van der Waals surface area (Å²) >= 11 is 6.19. The number of hydrogen-bond donors (Lipinski definition) is 3. The minimum atomic E-state index is -5.08. The number of halogens is 4. The molecule has 0 spiro atoms. The summed E-state index contributed by atoms with van der Waals surface area (Å²) in [5.41, 5.74) is 7.35. The van der Waals surface area contributed by atoms with Gasteiger partial charge in [0.1, 0.15) is 11.8 Å². The molecule has 0 radical (unpaired) electrons. The normalized spacial score (nSPS) is 23.2. The van der Waals surface area contributed by atoms with Crippen molar-refractivity contribution in [2.75, 3.05) is 26.8 Å². The van der Waals surface area contributed by atoms with Gasteiger partial charge in [-0.1, -0.05) is 48.0 Å². The molecule has 0 bridgehead atoms. The number of nitrogens with two attached hydrogens (primary N) is 1. The number of carboxylic acid groups (broad SMARTS) is 1. The molecule has 2 heterocycles. The number of aryl methyl sites for hydroxylation is 1. The van der Waals surface area contributed by atoms with E-state index in [1.165, 1.54) is 17.6 Å². The first kappa shape index (κ1) is 41.5. The molecule has 2 aromatic rings. The van der Waals surface area contributed by atoms with Gasteiger partial charge >= 0.3 is 18.1 Å². The maximum absolute atomic E-state index is 14.5. The summed E-state index contributed by atoms with van der Waals surface area (Å²) in [6.07, 6.45) is -1.80. The second-order valence-corrected chi connectivity index (χ2v) is 14.7. The zero-order valence-electron chi connectivity index (χ0n) is 30.1. The van der Waals surface area contributed by atoms with Gasteiger partial charge < -0.3 is 30.5 Å². The lowest BCUT2D eigenvalue weighted by molar-refractivity contribution is -0.192. The monoisotopic (exact) mass is 766 g/mol. The van der Waals surface area contributed by atoms with Crippen LogP contribution in [0.15, 0.2) is 48.5 Å². The average molecular weight is 767 g/mol. The van der Waals surface area contributed by atoms with E-state index in [9.17, 15) is 32.3 Å². The maximum atomic E-state index is 14.5. The van der Waals surface area contributed by atoms with Crippen LogP contribution >= 0.6 is 11.6 Å². The van der Waals surface area contributed by atoms with Crippen molar-refractivity contribution in [2.45, 2.75) is 94.7 Å². The van der Waals surface area contributed by atoms with E-state index in [0.717, 1.165) is 24.0 Å². The van der Waals surface area contributed by atoms with Crippen molar-refractivity contribution in [2.24, 2.45) is 11.7 Å². The Bertz CT molecular complexity index is 1670. The van der Waals surface area contributed by atoms with Gasteiger partial charge in [-0.2, -0.15) is 13.2 Å². The van der Waals surface area contributed by atoms with E-state index in [1.807, 2.05) is 30.3 Å². The number of amides is 3. The molecule has 2 aliphatic heterocycles. The molecule has 1 aliphatic carbocycles. The number of carboxylic acids is 1. The predicted molar refractivity (Wildman–Crippen MR) is 187 cm³/mol. The Kier molecular flexibility index (Phi) is 13.2. The Morgan fingerprint density at radius 2 is 1.74 bits per heavy atom. The van der Waals surface area contributed by atoms with E-state index in [-0.39, 0.29) is 43.2 Å². The highest BCUT2D eigenvalue weighted by molar-refractivity contribution is 6.30. The fourth-order valence-corrected chi connectivity index (χ4v) is 7.61. The summed E-state index contributed by atoms with van der Waals surface area (Å²) < 4.78 is 42.7. The summed E-state index contributed by atoms with van der Waals surface area (Å²) in [4.78, 5) is 66.5. The van der Waals surface area contributed by atoms with E-state index in [1.54, 1.807) is 37.8 Å². The lowest BCUT2D eigenvalue weighted by atomic mass is 9.80. The number of hydrogen-bond acceptors (Lipinski definition) is 8. The van der Waals surface area contributed by atoms with Gasteiger partial charge in [-0.05, 0) is 87.6 Å². The SMILES string of the molecule is COC(=O)C[C@H](C(=O)N1CCC[C@](Cc2ccc(Cl)cc2)(NC(=O)[C@@H]2COC(C)(C)N2C(=O)[C@H](C)N)C1)[C@H]1CCc2ccccc21.O=C(O)C(F)(F)F. The number of rotatable bonds is 9. The van der Waals surface area contributed by atoms with Crippen molar-refractivity contribution in [3.05, 3.63) is 70.2 Å². The van der Waals surface area contributed by atoms with E-state index in [2.05, 4.69) is 11.4 Å². The van der Waals surface area contributed by atoms with E-state index in [0.29, 0.717) is 30.8 Å². The fraction of sp³-hybridized carbons (Fsp3) is 0.541. The number of esters is 1. The van der Waals surface area contributed by atoms with Crippen LogP contribution in [0.3, 0.4) is 0 Å². The number of carbonyl (C=O) groups is 5. The molecule has 5 atom stereocenters. The molecule has 12 nitrogen and oxygen atoms in total. The number of methoxy groups -OCH3 is 1. The first-order valence-electron chi connectivity index (χ1n) is 17.3. The third-order valence-corrected chi connectivity index (χ3v) is 10.2. The van der Waals surface area contributed by atoms with Gasteiger partial charge in [0.25, 0.3) is 0 Å². The van der Waals surface area contributed by atoms with Gasteiger partial charge in [0.05, 0.1) is 37.6 Å². The molecule has 3 aliphatic rings. The number of benzene rings is 2. The number of aliphatic carboxylic acids is 1. The van der Waals surface area contributed by atoms with Crippen LogP contribution in [0, 0.1) is 5.92 Å². The van der Waals surface area contributed by atoms with Gasteiger partial charge in [-0.3, -0.25) is 24.1 Å². The Labute approximate surface area is 311 Å². The lowest BCUT2D eigenvalue weighted by Gasteiger charge is -2.46. The minimum absolute atomic E-state index is 0.0236. The molecule has 0 aromatic heterocycles. The fourth-order valence-electron chi connectivity index (χ4n) is 7.49. The number of piperidine rings is 1. The zero-order chi connectivity index (χ0) is 39.3. The first-order chi connectivity index (χ1) is 24.8. The van der Waals surface area contributed by atoms with Crippen LogP contribution in [0.1, 0.15) is 69.1 Å². The molecule has 2 aromatic carbocycles. The molecule has 16 heteroatoms. The van der Waals surface area contributed by atoms with E-state index < -0.39 is 47.4 Å². The summed E-state index contributed by atoms with van der Waals surface area (Å²) in [6, 6.07) is 13.8. The highest BCUT2D eigenvalue weighted by atomic mass is 35.5. The first-order valence-corrected chi connectivity index (χ1v) is 17.7. The number of likely N-dealkylation sites (tertiary alicyclic amines) is 1. The van der Waals surface area contributed by atoms with Crippen LogP contribution < -0.4 is 11.1 Å². The Hall–Kier alpha value is -4.21. The molecule has 2 fully saturated rings. The van der Waals surface area contributed by atoms with Gasteiger partial charge in [0.15, 0.2) is 0 Å². The molecule has 0 saturated carbocycles. The second-order valence-electron chi connectivity index (χ2n) is 14.2. The Morgan fingerprint density at radius 3 is 2.34 bits per heavy atom. The predicted octanol–water partition coefficient (Wildman–Crippen LogP) is 4.21. The van der Waals surface area contributed by atoms with Gasteiger partial charge in [-0.25, -0.2) is 4.79 Å². The van der Waals surface area contributed by atoms with Crippen LogP contribution in [0.5, 0.6) is 0 Å². The smallest absolute Gasteiger partial charge is 0.475 e. The molecular formula is C37H46ClF3N4O8. The van der Waals surface area contributed by atoms with Crippen LogP contribution in [0.2, 0.25) is 5.02 Å². The number of ether oxygens (including phenoxy) is 2. The molecule has 0 unspecified atom stereocenters. The van der Waals surface area contributed by atoms with Gasteiger partial charge in [-0.15, -0.1) is 0 Å². The molecule has 3 amide bonds. The summed E-state index contributed by atoms with van der Waals surface area (Å²) in [5, 5.41) is 11.0. The molecular weight excluding hydrogens is 721 g/mol. The van der Waals surface area contributed by atoms with Gasteiger partial charge in [0.2, 0.25) is 17.7 Å². The number of fused-ring (bicyclic) bond motifs is 1. The molecule has 2 saturated heterocycles. The molecule has 53 heavy (non-hydrogen) atoms. The van der Waals surface area contributed by atoms with Crippen LogP contribution in [0.25, 0.3) is 0 Å². The number of alkyl halides is 3. The lowest BCUT2D eigenvalue weighted by Crippen LogP contribution is -2.65. The van der Waals surface area contributed by atoms with Gasteiger partial charge in [0, 0.05) is 18.1 Å². The number of nitrogens with one attached hydrogen (secondary N) is 1. The molecule has 4 N–H and O–H groups in total. The topological polar surface area (TPSA) is 169 Å². The molecule has 5 rings (SSSR count). The van der Waals surface area contributed by atoms with Crippen molar-refractivity contribution in [3.8, 4) is 0 Å². The summed E-state index contributed by atoms with van der Waals surface area (Å²) in [7, 11) is 1.34. The second kappa shape index (κ2) is 16.9.